The van der Waals surface area contributed by atoms with E-state index >= 15 is 0 Å². The Balaban J connectivity index is 1.81. The maximum Gasteiger partial charge on any atom is 0.128 e. The maximum atomic E-state index is 5.21. The van der Waals surface area contributed by atoms with Crippen molar-refractivity contribution in [2.45, 2.75) is 0 Å². The van der Waals surface area contributed by atoms with Crippen LogP contribution in [0.25, 0.3) is 32.0 Å². The van der Waals surface area contributed by atoms with Gasteiger partial charge in [0.25, 0.3) is 0 Å². The quantitative estimate of drug-likeness (QED) is 0.611. The van der Waals surface area contributed by atoms with Gasteiger partial charge >= 0.3 is 0 Å². The third kappa shape index (κ3) is 2.16. The lowest BCUT2D eigenvalue weighted by molar-refractivity contribution is 0.415. The van der Waals surface area contributed by atoms with Crippen LogP contribution in [0, 0.1) is 0 Å². The Morgan fingerprint density at radius 1 is 1.05 bits per heavy atom. The molecule has 0 saturated heterocycles. The number of fused-ring (bicyclic) bond motifs is 1. The molecule has 5 heteroatoms. The number of nitrogens with zero attached hydrogens (tertiary/aromatic N) is 2. The highest BCUT2D eigenvalue weighted by atomic mass is 32.1. The van der Waals surface area contributed by atoms with Crippen LogP contribution in [0.15, 0.2) is 54.7 Å². The van der Waals surface area contributed by atoms with Crippen molar-refractivity contribution in [1.29, 1.82) is 0 Å². The van der Waals surface area contributed by atoms with E-state index in [1.54, 1.807) is 18.4 Å². The second-order valence-electron chi connectivity index (χ2n) is 4.87. The topological polar surface area (TPSA) is 50.8 Å². The number of ether oxygens (including phenoxy) is 1. The van der Waals surface area contributed by atoms with Gasteiger partial charge in [-0.15, -0.1) is 11.3 Å². The minimum Gasteiger partial charge on any atom is -0.497 e. The highest BCUT2D eigenvalue weighted by molar-refractivity contribution is 7.21. The molecule has 0 spiro atoms. The van der Waals surface area contributed by atoms with E-state index in [1.807, 2.05) is 48.7 Å². The Morgan fingerprint density at radius 3 is 2.64 bits per heavy atom. The second-order valence-corrected chi connectivity index (χ2v) is 5.90. The van der Waals surface area contributed by atoms with Gasteiger partial charge in [0.05, 0.1) is 34.8 Å². The fourth-order valence-corrected chi connectivity index (χ4v) is 3.40. The highest BCUT2D eigenvalue weighted by Crippen LogP contribution is 2.35. The van der Waals surface area contributed by atoms with Gasteiger partial charge in [-0.05, 0) is 36.4 Å². The molecule has 0 amide bonds. The number of para-hydroxylation sites is 1. The zero-order chi connectivity index (χ0) is 14.9. The number of nitrogens with one attached hydrogen (secondary N) is 1. The van der Waals surface area contributed by atoms with E-state index in [4.69, 9.17) is 9.72 Å². The molecule has 0 aliphatic rings. The van der Waals surface area contributed by atoms with Crippen molar-refractivity contribution in [3.8, 4) is 27.6 Å². The van der Waals surface area contributed by atoms with Crippen molar-refractivity contribution in [1.82, 2.24) is 15.2 Å². The molecule has 2 aromatic heterocycles. The van der Waals surface area contributed by atoms with Crippen LogP contribution < -0.4 is 4.74 Å². The Hall–Kier alpha value is -2.66. The number of H-pyrrole nitrogens is 1. The van der Waals surface area contributed by atoms with Gasteiger partial charge < -0.3 is 4.74 Å². The summed E-state index contributed by atoms with van der Waals surface area (Å²) in [6, 6.07) is 16.1. The lowest BCUT2D eigenvalue weighted by Gasteiger charge is -2.03. The fourth-order valence-electron chi connectivity index (χ4n) is 2.41. The summed E-state index contributed by atoms with van der Waals surface area (Å²) in [5.41, 5.74) is 4.07. The number of rotatable bonds is 3. The molecule has 22 heavy (non-hydrogen) atoms. The van der Waals surface area contributed by atoms with E-state index in [0.717, 1.165) is 33.1 Å². The molecule has 0 atom stereocenters. The average Bonchev–Trinajstić information content (AvgIpc) is 3.21. The molecule has 4 nitrogen and oxygen atoms in total. The number of methoxy groups -OCH3 is 1. The first-order valence-electron chi connectivity index (χ1n) is 6.89. The number of aromatic amines is 1. The second kappa shape index (κ2) is 5.27. The number of hydrogen-bond acceptors (Lipinski definition) is 4. The molecule has 0 unspecified atom stereocenters. The van der Waals surface area contributed by atoms with Gasteiger partial charge in [-0.1, -0.05) is 12.1 Å². The molecule has 1 N–H and O–H groups in total. The number of hydrogen-bond donors (Lipinski definition) is 1. The zero-order valence-electron chi connectivity index (χ0n) is 11.9. The lowest BCUT2D eigenvalue weighted by atomic mass is 10.1. The molecule has 0 saturated carbocycles. The van der Waals surface area contributed by atoms with Crippen LogP contribution in [0.1, 0.15) is 0 Å². The summed E-state index contributed by atoms with van der Waals surface area (Å²) in [4.78, 5) is 4.71. The Labute approximate surface area is 131 Å². The van der Waals surface area contributed by atoms with E-state index in [-0.39, 0.29) is 0 Å². The van der Waals surface area contributed by atoms with E-state index in [1.165, 1.54) is 4.70 Å². The van der Waals surface area contributed by atoms with Gasteiger partial charge in [-0.25, -0.2) is 4.98 Å². The van der Waals surface area contributed by atoms with Gasteiger partial charge in [0.1, 0.15) is 10.8 Å². The van der Waals surface area contributed by atoms with Crippen molar-refractivity contribution in [3.05, 3.63) is 54.7 Å². The Bertz CT molecular complexity index is 891. The van der Waals surface area contributed by atoms with Crippen LogP contribution in [0.3, 0.4) is 0 Å². The molecular weight excluding hydrogens is 294 g/mol. The maximum absolute atomic E-state index is 5.21. The minimum absolute atomic E-state index is 0.838. The summed E-state index contributed by atoms with van der Waals surface area (Å²) in [7, 11) is 1.66. The summed E-state index contributed by atoms with van der Waals surface area (Å²) in [6.45, 7) is 0. The van der Waals surface area contributed by atoms with E-state index < -0.39 is 0 Å². The van der Waals surface area contributed by atoms with Crippen molar-refractivity contribution in [2.75, 3.05) is 7.11 Å². The van der Waals surface area contributed by atoms with E-state index in [2.05, 4.69) is 16.3 Å². The predicted molar refractivity (Wildman–Crippen MR) is 89.2 cm³/mol. The largest absolute Gasteiger partial charge is 0.497 e. The van der Waals surface area contributed by atoms with E-state index in [0.29, 0.717) is 0 Å². The van der Waals surface area contributed by atoms with Gasteiger partial charge in [-0.2, -0.15) is 5.10 Å². The third-order valence-corrected chi connectivity index (χ3v) is 4.61. The summed E-state index contributed by atoms with van der Waals surface area (Å²) >= 11 is 1.68. The molecule has 2 heterocycles. The van der Waals surface area contributed by atoms with Gasteiger partial charge in [0.2, 0.25) is 0 Å². The molecular formula is C17H13N3OS. The predicted octanol–water partition coefficient (Wildman–Crippen LogP) is 4.36. The summed E-state index contributed by atoms with van der Waals surface area (Å²) < 4.78 is 6.39. The Kier molecular flexibility index (Phi) is 3.12. The minimum atomic E-state index is 0.838. The summed E-state index contributed by atoms with van der Waals surface area (Å²) in [6.07, 6.45) is 1.83. The molecule has 2 aromatic carbocycles. The normalized spacial score (nSPS) is 11.0. The SMILES string of the molecule is COc1ccc(-c2[nH]ncc2-c2nc3ccccc3s2)cc1. The molecule has 4 rings (SSSR count). The van der Waals surface area contributed by atoms with Crippen LogP contribution in [0.5, 0.6) is 5.75 Å². The first-order chi connectivity index (χ1) is 10.8. The number of aromatic nitrogens is 3. The summed E-state index contributed by atoms with van der Waals surface area (Å²) in [5, 5.41) is 8.25. The molecule has 0 fully saturated rings. The van der Waals surface area contributed by atoms with Crippen LogP contribution in [0.2, 0.25) is 0 Å². The first kappa shape index (κ1) is 13.0. The monoisotopic (exact) mass is 307 g/mol. The van der Waals surface area contributed by atoms with Gasteiger partial charge in [0, 0.05) is 5.56 Å². The van der Waals surface area contributed by atoms with E-state index in [9.17, 15) is 0 Å². The van der Waals surface area contributed by atoms with Crippen LogP contribution in [-0.2, 0) is 0 Å². The molecule has 0 aliphatic heterocycles. The van der Waals surface area contributed by atoms with Crippen LogP contribution >= 0.6 is 11.3 Å². The van der Waals surface area contributed by atoms with Crippen molar-refractivity contribution >= 4 is 21.6 Å². The van der Waals surface area contributed by atoms with Crippen molar-refractivity contribution < 1.29 is 4.74 Å². The van der Waals surface area contributed by atoms with Crippen LogP contribution in [0.4, 0.5) is 0 Å². The Morgan fingerprint density at radius 2 is 1.86 bits per heavy atom. The smallest absolute Gasteiger partial charge is 0.128 e. The average molecular weight is 307 g/mol. The lowest BCUT2D eigenvalue weighted by Crippen LogP contribution is -1.85. The van der Waals surface area contributed by atoms with Crippen molar-refractivity contribution in [2.24, 2.45) is 0 Å². The van der Waals surface area contributed by atoms with Gasteiger partial charge in [-0.3, -0.25) is 5.10 Å². The fraction of sp³-hybridized carbons (Fsp3) is 0.0588. The zero-order valence-corrected chi connectivity index (χ0v) is 12.7. The van der Waals surface area contributed by atoms with Gasteiger partial charge in [0.15, 0.2) is 0 Å². The van der Waals surface area contributed by atoms with Crippen LogP contribution in [-0.4, -0.2) is 22.3 Å². The number of benzene rings is 2. The molecule has 0 bridgehead atoms. The molecule has 0 radical (unpaired) electrons. The highest BCUT2D eigenvalue weighted by Gasteiger charge is 2.14. The number of thiazole rings is 1. The molecule has 108 valence electrons. The standard InChI is InChI=1S/C17H13N3OS/c1-21-12-8-6-11(7-9-12)16-13(10-18-20-16)17-19-14-4-2-3-5-15(14)22-17/h2-10H,1H3,(H,18,20). The first-order valence-corrected chi connectivity index (χ1v) is 7.70. The molecule has 0 aliphatic carbocycles. The third-order valence-electron chi connectivity index (χ3n) is 3.54. The van der Waals surface area contributed by atoms with Crippen molar-refractivity contribution in [3.63, 3.8) is 0 Å². The summed E-state index contributed by atoms with van der Waals surface area (Å²) in [5.74, 6) is 0.838. The molecule has 4 aromatic rings.